The van der Waals surface area contributed by atoms with E-state index >= 15 is 0 Å². The predicted molar refractivity (Wildman–Crippen MR) is 76.5 cm³/mol. The Hall–Kier alpha value is -1.47. The second kappa shape index (κ2) is 5.66. The van der Waals surface area contributed by atoms with E-state index in [1.54, 1.807) is 31.1 Å². The first-order valence-electron chi connectivity index (χ1n) is 5.26. The highest BCUT2D eigenvalue weighted by atomic mass is 79.9. The minimum absolute atomic E-state index is 0.0683. The second-order valence-corrected chi connectivity index (χ2v) is 5.07. The summed E-state index contributed by atoms with van der Waals surface area (Å²) in [6.07, 6.45) is 0. The van der Waals surface area contributed by atoms with Gasteiger partial charge in [-0.25, -0.2) is 4.39 Å². The number of nitrogens with zero attached hydrogens (tertiary/aromatic N) is 4. The fraction of sp³-hybridized carbons (Fsp3) is 0.182. The maximum absolute atomic E-state index is 13.4. The highest BCUT2D eigenvalue weighted by Gasteiger charge is 2.08. The Balaban J connectivity index is 2.29. The van der Waals surface area contributed by atoms with Crippen LogP contribution in [-0.2, 0) is 0 Å². The Labute approximate surface area is 123 Å². The van der Waals surface area contributed by atoms with E-state index < -0.39 is 0 Å². The summed E-state index contributed by atoms with van der Waals surface area (Å²) >= 11 is 8.89. The molecule has 1 N–H and O–H groups in total. The molecule has 0 radical (unpaired) electrons. The van der Waals surface area contributed by atoms with Crippen molar-refractivity contribution in [3.63, 3.8) is 0 Å². The average molecular weight is 347 g/mol. The van der Waals surface area contributed by atoms with Gasteiger partial charge in [0.05, 0.1) is 4.47 Å². The van der Waals surface area contributed by atoms with Gasteiger partial charge >= 0.3 is 0 Å². The van der Waals surface area contributed by atoms with E-state index in [1.807, 2.05) is 0 Å². The Morgan fingerprint density at radius 2 is 2.00 bits per heavy atom. The molecule has 0 unspecified atom stereocenters. The zero-order chi connectivity index (χ0) is 14.0. The van der Waals surface area contributed by atoms with E-state index in [4.69, 9.17) is 11.6 Å². The van der Waals surface area contributed by atoms with E-state index in [0.717, 1.165) is 0 Å². The number of rotatable bonds is 3. The molecule has 2 rings (SSSR count). The van der Waals surface area contributed by atoms with Crippen LogP contribution < -0.4 is 10.2 Å². The van der Waals surface area contributed by atoms with E-state index in [-0.39, 0.29) is 17.0 Å². The van der Waals surface area contributed by atoms with E-state index in [0.29, 0.717) is 16.1 Å². The standard InChI is InChI=1S/C11H10BrClFN5/c1-19(2)11-17-9(13)16-10(18-11)15-6-3-4-7(12)8(14)5-6/h3-5H,1-2H3,(H,15,16,17,18). The van der Waals surface area contributed by atoms with Crippen molar-refractivity contribution >= 4 is 45.1 Å². The average Bonchev–Trinajstić information content (AvgIpc) is 2.33. The normalized spacial score (nSPS) is 10.4. The minimum Gasteiger partial charge on any atom is -0.347 e. The molecular weight excluding hydrogens is 337 g/mol. The van der Waals surface area contributed by atoms with Crippen molar-refractivity contribution in [2.75, 3.05) is 24.3 Å². The number of halogens is 3. The van der Waals surface area contributed by atoms with Crippen molar-refractivity contribution in [1.82, 2.24) is 15.0 Å². The number of benzene rings is 1. The van der Waals surface area contributed by atoms with Gasteiger partial charge in [0, 0.05) is 19.8 Å². The summed E-state index contributed by atoms with van der Waals surface area (Å²) in [4.78, 5) is 13.7. The van der Waals surface area contributed by atoms with Gasteiger partial charge in [-0.3, -0.25) is 0 Å². The highest BCUT2D eigenvalue weighted by molar-refractivity contribution is 9.10. The summed E-state index contributed by atoms with van der Waals surface area (Å²) in [6.45, 7) is 0. The first kappa shape index (κ1) is 14.0. The van der Waals surface area contributed by atoms with Gasteiger partial charge in [0.1, 0.15) is 5.82 Å². The predicted octanol–water partition coefficient (Wildman–Crippen LogP) is 3.24. The fourth-order valence-corrected chi connectivity index (χ4v) is 1.70. The molecule has 1 heterocycles. The summed E-state index contributed by atoms with van der Waals surface area (Å²) in [5.41, 5.74) is 0.521. The van der Waals surface area contributed by atoms with Gasteiger partial charge in [-0.05, 0) is 45.7 Å². The monoisotopic (exact) mass is 345 g/mol. The maximum Gasteiger partial charge on any atom is 0.233 e. The van der Waals surface area contributed by atoms with E-state index in [1.165, 1.54) is 6.07 Å². The van der Waals surface area contributed by atoms with Crippen molar-refractivity contribution < 1.29 is 4.39 Å². The smallest absolute Gasteiger partial charge is 0.233 e. The molecule has 2 aromatic rings. The molecule has 1 aromatic heterocycles. The molecule has 0 saturated carbocycles. The maximum atomic E-state index is 13.4. The molecule has 0 amide bonds. The molecule has 0 fully saturated rings. The Kier molecular flexibility index (Phi) is 4.16. The summed E-state index contributed by atoms with van der Waals surface area (Å²) < 4.78 is 13.8. The highest BCUT2D eigenvalue weighted by Crippen LogP contribution is 2.22. The van der Waals surface area contributed by atoms with Crippen LogP contribution in [-0.4, -0.2) is 29.0 Å². The van der Waals surface area contributed by atoms with Crippen LogP contribution in [0.4, 0.5) is 22.0 Å². The Morgan fingerprint density at radius 3 is 2.63 bits per heavy atom. The number of hydrogen-bond donors (Lipinski definition) is 1. The molecule has 0 spiro atoms. The molecule has 19 heavy (non-hydrogen) atoms. The van der Waals surface area contributed by atoms with Gasteiger partial charge in [-0.15, -0.1) is 0 Å². The summed E-state index contributed by atoms with van der Waals surface area (Å²) in [5.74, 6) is 0.295. The molecule has 0 bridgehead atoms. The van der Waals surface area contributed by atoms with Crippen molar-refractivity contribution in [3.8, 4) is 0 Å². The lowest BCUT2D eigenvalue weighted by Crippen LogP contribution is -2.14. The van der Waals surface area contributed by atoms with Crippen LogP contribution in [0.5, 0.6) is 0 Å². The third-order valence-corrected chi connectivity index (χ3v) is 2.98. The van der Waals surface area contributed by atoms with Crippen LogP contribution >= 0.6 is 27.5 Å². The Morgan fingerprint density at radius 1 is 1.26 bits per heavy atom. The van der Waals surface area contributed by atoms with Crippen LogP contribution in [0.3, 0.4) is 0 Å². The number of anilines is 3. The Bertz CT molecular complexity index is 608. The van der Waals surface area contributed by atoms with Gasteiger partial charge in [0.2, 0.25) is 17.2 Å². The largest absolute Gasteiger partial charge is 0.347 e. The number of nitrogens with one attached hydrogen (secondary N) is 1. The SMILES string of the molecule is CN(C)c1nc(Cl)nc(Nc2ccc(Br)c(F)c2)n1. The number of aromatic nitrogens is 3. The molecule has 0 saturated heterocycles. The van der Waals surface area contributed by atoms with Crippen LogP contribution in [0.2, 0.25) is 5.28 Å². The van der Waals surface area contributed by atoms with Crippen LogP contribution in [0, 0.1) is 5.82 Å². The lowest BCUT2D eigenvalue weighted by atomic mass is 10.3. The van der Waals surface area contributed by atoms with Crippen LogP contribution in [0.15, 0.2) is 22.7 Å². The molecule has 100 valence electrons. The van der Waals surface area contributed by atoms with Crippen molar-refractivity contribution in [2.24, 2.45) is 0 Å². The van der Waals surface area contributed by atoms with Crippen molar-refractivity contribution in [3.05, 3.63) is 33.8 Å². The van der Waals surface area contributed by atoms with Crippen molar-refractivity contribution in [1.29, 1.82) is 0 Å². The van der Waals surface area contributed by atoms with Gasteiger partial charge < -0.3 is 10.2 Å². The molecule has 5 nitrogen and oxygen atoms in total. The van der Waals surface area contributed by atoms with Crippen LogP contribution in [0.1, 0.15) is 0 Å². The van der Waals surface area contributed by atoms with E-state index in [9.17, 15) is 4.39 Å². The quantitative estimate of drug-likeness (QED) is 0.924. The fourth-order valence-electron chi connectivity index (χ4n) is 1.30. The molecule has 0 aliphatic heterocycles. The summed E-state index contributed by atoms with van der Waals surface area (Å²) in [6, 6.07) is 4.62. The lowest BCUT2D eigenvalue weighted by Gasteiger charge is -2.12. The van der Waals surface area contributed by atoms with Gasteiger partial charge in [-0.2, -0.15) is 15.0 Å². The molecule has 8 heteroatoms. The van der Waals surface area contributed by atoms with Gasteiger partial charge in [0.25, 0.3) is 0 Å². The summed E-state index contributed by atoms with van der Waals surface area (Å²) in [7, 11) is 3.57. The molecule has 0 atom stereocenters. The zero-order valence-electron chi connectivity index (χ0n) is 10.2. The topological polar surface area (TPSA) is 53.9 Å². The first-order chi connectivity index (χ1) is 8.95. The first-order valence-corrected chi connectivity index (χ1v) is 6.44. The minimum atomic E-state index is -0.377. The van der Waals surface area contributed by atoms with Crippen molar-refractivity contribution in [2.45, 2.75) is 0 Å². The zero-order valence-corrected chi connectivity index (χ0v) is 12.5. The molecular formula is C11H10BrClFN5. The summed E-state index contributed by atoms with van der Waals surface area (Å²) in [5, 5.41) is 2.94. The van der Waals surface area contributed by atoms with Gasteiger partial charge in [0.15, 0.2) is 0 Å². The molecule has 0 aliphatic rings. The van der Waals surface area contributed by atoms with Crippen LogP contribution in [0.25, 0.3) is 0 Å². The molecule has 1 aromatic carbocycles. The number of hydrogen-bond acceptors (Lipinski definition) is 5. The molecule has 0 aliphatic carbocycles. The second-order valence-electron chi connectivity index (χ2n) is 3.88. The third-order valence-electron chi connectivity index (χ3n) is 2.17. The van der Waals surface area contributed by atoms with Gasteiger partial charge in [-0.1, -0.05) is 0 Å². The van der Waals surface area contributed by atoms with E-state index in [2.05, 4.69) is 36.2 Å². The third kappa shape index (κ3) is 3.51. The lowest BCUT2D eigenvalue weighted by molar-refractivity contribution is 0.622.